The number of carbonyl (C=O) groups excluding carboxylic acids is 1. The second-order valence-electron chi connectivity index (χ2n) is 5.13. The van der Waals surface area contributed by atoms with E-state index < -0.39 is 0 Å². The molecule has 114 valence electrons. The molecule has 0 aliphatic rings. The highest BCUT2D eigenvalue weighted by molar-refractivity contribution is 9.10. The molecule has 22 heavy (non-hydrogen) atoms. The van der Waals surface area contributed by atoms with Gasteiger partial charge in [0.05, 0.1) is 11.0 Å². The second kappa shape index (κ2) is 5.96. The Labute approximate surface area is 135 Å². The number of carbonyl (C=O) groups is 1. The molecule has 0 radical (unpaired) electrons. The minimum absolute atomic E-state index is 0.0118. The van der Waals surface area contributed by atoms with Gasteiger partial charge >= 0.3 is 0 Å². The van der Waals surface area contributed by atoms with Crippen molar-refractivity contribution in [2.45, 2.75) is 19.4 Å². The van der Waals surface area contributed by atoms with E-state index in [2.05, 4.69) is 21.2 Å². The van der Waals surface area contributed by atoms with Crippen molar-refractivity contribution in [3.63, 3.8) is 0 Å². The van der Waals surface area contributed by atoms with E-state index in [9.17, 15) is 9.59 Å². The van der Waals surface area contributed by atoms with E-state index in [-0.39, 0.29) is 11.5 Å². The van der Waals surface area contributed by atoms with Crippen LogP contribution in [0.15, 0.2) is 45.8 Å². The number of halogens is 1. The van der Waals surface area contributed by atoms with Crippen molar-refractivity contribution in [2.75, 3.05) is 7.05 Å². The van der Waals surface area contributed by atoms with Crippen LogP contribution in [0.25, 0.3) is 16.6 Å². The van der Waals surface area contributed by atoms with Gasteiger partial charge in [0.25, 0.3) is 5.56 Å². The highest BCUT2D eigenvalue weighted by atomic mass is 79.9. The maximum atomic E-state index is 12.7. The summed E-state index contributed by atoms with van der Waals surface area (Å²) in [7, 11) is 1.62. The Balaban J connectivity index is 2.13. The molecule has 0 fully saturated rings. The fourth-order valence-corrected chi connectivity index (χ4v) is 3.02. The van der Waals surface area contributed by atoms with Gasteiger partial charge in [-0.3, -0.25) is 9.59 Å². The Kier molecular flexibility index (Phi) is 4.02. The van der Waals surface area contributed by atoms with Crippen LogP contribution in [0.4, 0.5) is 0 Å². The summed E-state index contributed by atoms with van der Waals surface area (Å²) < 4.78 is 4.57. The van der Waals surface area contributed by atoms with Crippen molar-refractivity contribution >= 4 is 38.4 Å². The molecule has 0 atom stereocenters. The van der Waals surface area contributed by atoms with Gasteiger partial charge in [-0.1, -0.05) is 15.9 Å². The number of hydrogen-bond donors (Lipinski definition) is 1. The zero-order valence-electron chi connectivity index (χ0n) is 12.2. The number of nitrogens with zero attached hydrogens (tertiary/aromatic N) is 2. The van der Waals surface area contributed by atoms with Gasteiger partial charge in [0.15, 0.2) is 0 Å². The fraction of sp³-hybridized carbons (Fsp3) is 0.250. The predicted octanol–water partition coefficient (Wildman–Crippen LogP) is 2.54. The molecule has 0 spiro atoms. The number of nitrogens with one attached hydrogen (secondary N) is 1. The minimum atomic E-state index is -0.0347. The van der Waals surface area contributed by atoms with Crippen LogP contribution in [0.3, 0.4) is 0 Å². The van der Waals surface area contributed by atoms with Gasteiger partial charge in [-0.15, -0.1) is 0 Å². The summed E-state index contributed by atoms with van der Waals surface area (Å²) in [4.78, 5) is 24.1. The van der Waals surface area contributed by atoms with E-state index in [1.165, 1.54) is 0 Å². The van der Waals surface area contributed by atoms with Gasteiger partial charge in [-0.25, -0.2) is 0 Å². The third-order valence-corrected chi connectivity index (χ3v) is 4.26. The molecule has 1 N–H and O–H groups in total. The summed E-state index contributed by atoms with van der Waals surface area (Å²) in [5.41, 5.74) is 2.45. The first-order valence-corrected chi connectivity index (χ1v) is 7.91. The monoisotopic (exact) mass is 361 g/mol. The zero-order chi connectivity index (χ0) is 15.7. The van der Waals surface area contributed by atoms with Gasteiger partial charge < -0.3 is 14.3 Å². The number of hydrogen-bond acceptors (Lipinski definition) is 2. The van der Waals surface area contributed by atoms with E-state index >= 15 is 0 Å². The molecule has 0 saturated carbocycles. The average Bonchev–Trinajstić information content (AvgIpc) is 3.00. The van der Waals surface area contributed by atoms with Crippen molar-refractivity contribution < 1.29 is 4.79 Å². The molecular formula is C16H16BrN3O2. The molecule has 2 aromatic heterocycles. The van der Waals surface area contributed by atoms with E-state index in [1.54, 1.807) is 11.6 Å². The Morgan fingerprint density at radius 2 is 2.05 bits per heavy atom. The van der Waals surface area contributed by atoms with Gasteiger partial charge in [0.2, 0.25) is 5.91 Å². The van der Waals surface area contributed by atoms with E-state index in [1.807, 2.05) is 40.9 Å². The van der Waals surface area contributed by atoms with Crippen LogP contribution in [0, 0.1) is 0 Å². The van der Waals surface area contributed by atoms with Gasteiger partial charge in [-0.2, -0.15) is 0 Å². The van der Waals surface area contributed by atoms with Crippen molar-refractivity contribution in [3.05, 3.63) is 51.4 Å². The molecule has 5 nitrogen and oxygen atoms in total. The van der Waals surface area contributed by atoms with Gasteiger partial charge in [0.1, 0.15) is 5.52 Å². The molecule has 3 rings (SSSR count). The third-order valence-electron chi connectivity index (χ3n) is 3.77. The lowest BCUT2D eigenvalue weighted by atomic mass is 10.2. The Hall–Kier alpha value is -2.08. The first-order chi connectivity index (χ1) is 10.6. The van der Waals surface area contributed by atoms with Crippen LogP contribution in [0.1, 0.15) is 12.8 Å². The lowest BCUT2D eigenvalue weighted by molar-refractivity contribution is -0.120. The largest absolute Gasteiger partial charge is 0.359 e. The van der Waals surface area contributed by atoms with Crippen LogP contribution in [0.5, 0.6) is 0 Å². The molecule has 1 aromatic carbocycles. The number of aryl methyl sites for hydroxylation is 1. The van der Waals surface area contributed by atoms with Gasteiger partial charge in [0, 0.05) is 30.7 Å². The lowest BCUT2D eigenvalue weighted by Gasteiger charge is -2.13. The highest BCUT2D eigenvalue weighted by Crippen LogP contribution is 2.20. The molecule has 0 bridgehead atoms. The molecule has 0 unspecified atom stereocenters. The quantitative estimate of drug-likeness (QED) is 0.776. The first kappa shape index (κ1) is 14.8. The Morgan fingerprint density at radius 1 is 1.23 bits per heavy atom. The molecule has 6 heteroatoms. The molecule has 0 aliphatic heterocycles. The number of fused-ring (bicyclic) bond motifs is 3. The standard InChI is InChI=1S/C16H16BrN3O2/c1-18-15(21)5-3-9-20-14-10-11(17)6-7-12(14)19-8-2-4-13(19)16(20)22/h2,4,6-8,10H,3,5,9H2,1H3,(H,18,21). The van der Waals surface area contributed by atoms with Crippen molar-refractivity contribution in [2.24, 2.45) is 0 Å². The topological polar surface area (TPSA) is 55.5 Å². The summed E-state index contributed by atoms with van der Waals surface area (Å²) in [6, 6.07) is 9.57. The van der Waals surface area contributed by atoms with E-state index in [4.69, 9.17) is 0 Å². The van der Waals surface area contributed by atoms with Gasteiger partial charge in [-0.05, 0) is 36.8 Å². The minimum Gasteiger partial charge on any atom is -0.359 e. The van der Waals surface area contributed by atoms with Crippen LogP contribution in [-0.2, 0) is 11.3 Å². The van der Waals surface area contributed by atoms with E-state index in [0.717, 1.165) is 15.5 Å². The first-order valence-electron chi connectivity index (χ1n) is 7.11. The summed E-state index contributed by atoms with van der Waals surface area (Å²) in [6.07, 6.45) is 2.92. The zero-order valence-corrected chi connectivity index (χ0v) is 13.8. The van der Waals surface area contributed by atoms with Crippen LogP contribution in [-0.4, -0.2) is 21.9 Å². The number of aromatic nitrogens is 2. The average molecular weight is 362 g/mol. The van der Waals surface area contributed by atoms with Crippen molar-refractivity contribution in [1.82, 2.24) is 14.3 Å². The normalized spacial score (nSPS) is 11.2. The number of amides is 1. The van der Waals surface area contributed by atoms with Crippen LogP contribution < -0.4 is 10.9 Å². The lowest BCUT2D eigenvalue weighted by Crippen LogP contribution is -2.24. The summed E-state index contributed by atoms with van der Waals surface area (Å²) in [5.74, 6) is -0.0118. The maximum absolute atomic E-state index is 12.7. The molecule has 2 heterocycles. The number of benzene rings is 1. The summed E-state index contributed by atoms with van der Waals surface area (Å²) in [5, 5.41) is 2.60. The molecule has 3 aromatic rings. The maximum Gasteiger partial charge on any atom is 0.275 e. The molecule has 1 amide bonds. The molecular weight excluding hydrogens is 346 g/mol. The second-order valence-corrected chi connectivity index (χ2v) is 6.05. The van der Waals surface area contributed by atoms with Crippen LogP contribution in [0.2, 0.25) is 0 Å². The molecule has 0 saturated heterocycles. The van der Waals surface area contributed by atoms with Crippen molar-refractivity contribution in [1.29, 1.82) is 0 Å². The summed E-state index contributed by atoms with van der Waals surface area (Å²) >= 11 is 3.46. The SMILES string of the molecule is CNC(=O)CCCn1c(=O)c2cccn2c2ccc(Br)cc21. The van der Waals surface area contributed by atoms with Crippen molar-refractivity contribution in [3.8, 4) is 0 Å². The Morgan fingerprint density at radius 3 is 2.82 bits per heavy atom. The fourth-order valence-electron chi connectivity index (χ4n) is 2.67. The Bertz CT molecular complexity index is 911. The smallest absolute Gasteiger partial charge is 0.275 e. The molecule has 0 aliphatic carbocycles. The summed E-state index contributed by atoms with van der Waals surface area (Å²) in [6.45, 7) is 0.515. The predicted molar refractivity (Wildman–Crippen MR) is 90.2 cm³/mol. The van der Waals surface area contributed by atoms with E-state index in [0.29, 0.717) is 24.9 Å². The van der Waals surface area contributed by atoms with Crippen LogP contribution >= 0.6 is 15.9 Å². The third kappa shape index (κ3) is 2.54. The number of rotatable bonds is 4. The highest BCUT2D eigenvalue weighted by Gasteiger charge is 2.11.